The third-order valence-corrected chi connectivity index (χ3v) is 1.59. The van der Waals surface area contributed by atoms with Crippen LogP contribution in [-0.2, 0) is 9.68 Å². The molecule has 0 aromatic rings. The second-order valence-corrected chi connectivity index (χ2v) is 2.59. The summed E-state index contributed by atoms with van der Waals surface area (Å²) in [5.74, 6) is 0.645. The van der Waals surface area contributed by atoms with Gasteiger partial charge in [-0.05, 0) is 19.4 Å². The number of rotatable bonds is 3. The third-order valence-electron chi connectivity index (χ3n) is 1.59. The first-order valence-corrected chi connectivity index (χ1v) is 3.79. The molecule has 0 saturated carbocycles. The predicted octanol–water partition coefficient (Wildman–Crippen LogP) is 1.90. The molecule has 0 amide bonds. The van der Waals surface area contributed by atoms with E-state index in [2.05, 4.69) is 10.9 Å². The topological polar surface area (TPSA) is 44.8 Å². The Morgan fingerprint density at radius 1 is 1.58 bits per heavy atom. The van der Waals surface area contributed by atoms with Crippen molar-refractivity contribution in [1.29, 1.82) is 0 Å². The maximum absolute atomic E-state index is 10.6. The molecule has 4 nitrogen and oxygen atoms in total. The van der Waals surface area contributed by atoms with Crippen molar-refractivity contribution in [1.82, 2.24) is 5.39 Å². The van der Waals surface area contributed by atoms with Crippen molar-refractivity contribution in [2.75, 3.05) is 7.11 Å². The van der Waals surface area contributed by atoms with Gasteiger partial charge in [-0.15, -0.1) is 0 Å². The molecule has 1 aliphatic rings. The van der Waals surface area contributed by atoms with Crippen LogP contribution in [0.25, 0.3) is 0 Å². The van der Waals surface area contributed by atoms with Gasteiger partial charge >= 0.3 is 0 Å². The second-order valence-electron chi connectivity index (χ2n) is 2.59. The Bertz CT molecular complexity index is 210. The molecular weight excluding hydrogens is 158 g/mol. The molecule has 0 fully saturated rings. The molecular formula is C8H12NO3-. The molecule has 0 aromatic carbocycles. The van der Waals surface area contributed by atoms with Crippen LogP contribution in [0.5, 0.6) is 0 Å². The maximum atomic E-state index is 10.6. The van der Waals surface area contributed by atoms with E-state index in [0.717, 1.165) is 18.4 Å². The van der Waals surface area contributed by atoms with E-state index >= 15 is 0 Å². The van der Waals surface area contributed by atoms with Gasteiger partial charge in [0.1, 0.15) is 5.76 Å². The van der Waals surface area contributed by atoms with Crippen LogP contribution in [0.15, 0.2) is 23.5 Å². The van der Waals surface area contributed by atoms with Crippen molar-refractivity contribution in [2.24, 2.45) is 0 Å². The Kier molecular flexibility index (Phi) is 3.28. The molecule has 0 heterocycles. The van der Waals surface area contributed by atoms with Crippen molar-refractivity contribution in [3.8, 4) is 0 Å². The van der Waals surface area contributed by atoms with Crippen LogP contribution in [0.1, 0.15) is 19.8 Å². The van der Waals surface area contributed by atoms with E-state index < -0.39 is 0 Å². The average molecular weight is 170 g/mol. The molecule has 0 bridgehead atoms. The highest BCUT2D eigenvalue weighted by atomic mass is 17.1. The molecule has 0 aliphatic heterocycles. The van der Waals surface area contributed by atoms with Crippen LogP contribution in [0.2, 0.25) is 0 Å². The van der Waals surface area contributed by atoms with Crippen molar-refractivity contribution >= 4 is 0 Å². The Morgan fingerprint density at radius 3 is 2.92 bits per heavy atom. The monoisotopic (exact) mass is 170 g/mol. The summed E-state index contributed by atoms with van der Waals surface area (Å²) >= 11 is 0. The lowest BCUT2D eigenvalue weighted by atomic mass is 10.1. The lowest BCUT2D eigenvalue weighted by Gasteiger charge is -2.26. The Morgan fingerprint density at radius 2 is 2.33 bits per heavy atom. The van der Waals surface area contributed by atoms with Gasteiger partial charge in [0.05, 0.1) is 7.11 Å². The zero-order valence-corrected chi connectivity index (χ0v) is 7.24. The molecule has 0 unspecified atom stereocenters. The number of hydrogen-bond donors (Lipinski definition) is 0. The summed E-state index contributed by atoms with van der Waals surface area (Å²) < 4.78 is 0. The van der Waals surface area contributed by atoms with Crippen molar-refractivity contribution in [2.45, 2.75) is 19.8 Å². The van der Waals surface area contributed by atoms with Gasteiger partial charge in [0, 0.05) is 6.42 Å². The van der Waals surface area contributed by atoms with Crippen LogP contribution in [0.3, 0.4) is 0 Å². The summed E-state index contributed by atoms with van der Waals surface area (Å²) in [6.07, 6.45) is 5.58. The third kappa shape index (κ3) is 2.65. The number of nitrogens with zero attached hydrogens (tertiary/aromatic N) is 1. The quantitative estimate of drug-likeness (QED) is 0.607. The normalized spacial score (nSPS) is 17.3. The van der Waals surface area contributed by atoms with E-state index in [0.29, 0.717) is 5.76 Å². The van der Waals surface area contributed by atoms with Gasteiger partial charge in [-0.2, -0.15) is 0 Å². The summed E-state index contributed by atoms with van der Waals surface area (Å²) in [6.45, 7) is 1.96. The number of hydrogen-bond acceptors (Lipinski definition) is 4. The van der Waals surface area contributed by atoms with E-state index in [9.17, 15) is 5.21 Å². The van der Waals surface area contributed by atoms with Gasteiger partial charge in [0.2, 0.25) is 0 Å². The molecule has 0 radical (unpaired) electrons. The van der Waals surface area contributed by atoms with E-state index in [4.69, 9.17) is 4.84 Å². The van der Waals surface area contributed by atoms with Crippen molar-refractivity contribution < 1.29 is 9.68 Å². The lowest BCUT2D eigenvalue weighted by Crippen LogP contribution is -2.15. The van der Waals surface area contributed by atoms with Crippen molar-refractivity contribution in [3.63, 3.8) is 0 Å². The first-order valence-electron chi connectivity index (χ1n) is 3.79. The fourth-order valence-electron chi connectivity index (χ4n) is 1.03. The van der Waals surface area contributed by atoms with Crippen LogP contribution in [0, 0.1) is 5.21 Å². The van der Waals surface area contributed by atoms with Gasteiger partial charge in [0.25, 0.3) is 0 Å². The highest BCUT2D eigenvalue weighted by Gasteiger charge is 2.04. The first-order chi connectivity index (χ1) is 5.72. The predicted molar refractivity (Wildman–Crippen MR) is 44.4 cm³/mol. The van der Waals surface area contributed by atoms with E-state index in [1.165, 1.54) is 7.11 Å². The van der Waals surface area contributed by atoms with E-state index in [-0.39, 0.29) is 5.39 Å². The summed E-state index contributed by atoms with van der Waals surface area (Å²) in [6, 6.07) is 0. The van der Waals surface area contributed by atoms with Gasteiger partial charge in [-0.1, -0.05) is 17.0 Å². The first kappa shape index (κ1) is 9.25. The highest BCUT2D eigenvalue weighted by molar-refractivity contribution is 5.22. The van der Waals surface area contributed by atoms with Gasteiger partial charge in [0.15, 0.2) is 0 Å². The molecule has 4 heteroatoms. The largest absolute Gasteiger partial charge is 0.728 e. The Balaban J connectivity index is 2.47. The standard InChI is InChI=1S/C8H12NO3/c1-7-4-3-5-8(6-7)12-9(10)11-2/h4,6H,3,5H2,1-2H3/q-1. The molecule has 0 aromatic heterocycles. The number of allylic oxidation sites excluding steroid dienone is 4. The van der Waals surface area contributed by atoms with Gasteiger partial charge in [-0.3, -0.25) is 4.84 Å². The van der Waals surface area contributed by atoms with E-state index in [1.54, 1.807) is 0 Å². The molecule has 0 spiro atoms. The minimum Gasteiger partial charge on any atom is -0.728 e. The van der Waals surface area contributed by atoms with Gasteiger partial charge < -0.3 is 10.0 Å². The van der Waals surface area contributed by atoms with Crippen LogP contribution in [0.4, 0.5) is 0 Å². The van der Waals surface area contributed by atoms with Crippen LogP contribution >= 0.6 is 0 Å². The molecule has 68 valence electrons. The summed E-state index contributed by atoms with van der Waals surface area (Å²) in [4.78, 5) is 9.07. The summed E-state index contributed by atoms with van der Waals surface area (Å²) in [5, 5.41) is 10.7. The van der Waals surface area contributed by atoms with E-state index in [1.807, 2.05) is 13.0 Å². The summed E-state index contributed by atoms with van der Waals surface area (Å²) in [7, 11) is 1.26. The Labute approximate surface area is 71.6 Å². The van der Waals surface area contributed by atoms with Gasteiger partial charge in [-0.25, -0.2) is 0 Å². The molecule has 1 rings (SSSR count). The molecule has 0 N–H and O–H groups in total. The minimum absolute atomic E-state index is 0.102. The molecule has 1 aliphatic carbocycles. The fraction of sp³-hybridized carbons (Fsp3) is 0.500. The maximum Gasteiger partial charge on any atom is 0.126 e. The van der Waals surface area contributed by atoms with Crippen LogP contribution < -0.4 is 0 Å². The Hall–Kier alpha value is -0.840. The SMILES string of the molecule is CON([O-])OC1=CC(C)=CCC1. The smallest absolute Gasteiger partial charge is 0.126 e. The lowest BCUT2D eigenvalue weighted by molar-refractivity contribution is -0.301. The summed E-state index contributed by atoms with van der Waals surface area (Å²) in [5.41, 5.74) is 1.11. The van der Waals surface area contributed by atoms with Crippen LogP contribution in [-0.4, -0.2) is 12.5 Å². The molecule has 12 heavy (non-hydrogen) atoms. The highest BCUT2D eigenvalue weighted by Crippen LogP contribution is 2.18. The molecule has 0 saturated heterocycles. The minimum atomic E-state index is 0.102. The second kappa shape index (κ2) is 4.25. The zero-order chi connectivity index (χ0) is 8.97. The fourth-order valence-corrected chi connectivity index (χ4v) is 1.03. The zero-order valence-electron chi connectivity index (χ0n) is 7.24. The van der Waals surface area contributed by atoms with Crippen molar-refractivity contribution in [3.05, 3.63) is 28.7 Å². The average Bonchev–Trinajstić information content (AvgIpc) is 2.04. The molecule has 0 atom stereocenters.